The molecule has 2 atom stereocenters. The predicted molar refractivity (Wildman–Crippen MR) is 139 cm³/mol. The number of hydrogen-bond donors (Lipinski definition) is 3. The van der Waals surface area contributed by atoms with E-state index in [1.54, 1.807) is 24.5 Å². The lowest BCUT2D eigenvalue weighted by molar-refractivity contribution is 0.141. The SMILES string of the molecule is C=Cc1cc(O[C@H]2CCOC2)cc(C(Cc2ccc(C(=N)N)cc2)c2nn(-c3ncccn3)c(=O)[nH]2)c1. The lowest BCUT2D eigenvalue weighted by Gasteiger charge is -2.19. The van der Waals surface area contributed by atoms with Crippen LogP contribution in [0.3, 0.4) is 0 Å². The van der Waals surface area contributed by atoms with Crippen LogP contribution in [0.2, 0.25) is 0 Å². The number of nitrogens with two attached hydrogens (primary N) is 1. The summed E-state index contributed by atoms with van der Waals surface area (Å²) >= 11 is 0. The van der Waals surface area contributed by atoms with Crippen molar-refractivity contribution in [2.75, 3.05) is 13.2 Å². The first-order valence-corrected chi connectivity index (χ1v) is 11.9. The predicted octanol–water partition coefficient (Wildman–Crippen LogP) is 2.82. The summed E-state index contributed by atoms with van der Waals surface area (Å²) in [6.07, 6.45) is 6.21. The van der Waals surface area contributed by atoms with Crippen LogP contribution in [-0.2, 0) is 11.2 Å². The zero-order valence-electron chi connectivity index (χ0n) is 20.1. The van der Waals surface area contributed by atoms with Crippen LogP contribution in [0.1, 0.15) is 40.4 Å². The number of aromatic amines is 1. The molecule has 2 aromatic heterocycles. The number of nitrogens with one attached hydrogen (secondary N) is 2. The molecule has 1 aliphatic rings. The van der Waals surface area contributed by atoms with Gasteiger partial charge in [0.1, 0.15) is 23.5 Å². The van der Waals surface area contributed by atoms with E-state index in [0.29, 0.717) is 36.8 Å². The van der Waals surface area contributed by atoms with Crippen molar-refractivity contribution in [3.8, 4) is 11.7 Å². The second-order valence-corrected chi connectivity index (χ2v) is 8.79. The van der Waals surface area contributed by atoms with Crippen molar-refractivity contribution in [3.63, 3.8) is 0 Å². The molecule has 0 aliphatic carbocycles. The minimum absolute atomic E-state index is 0.00500. The number of nitrogens with zero attached hydrogens (tertiary/aromatic N) is 4. The molecular formula is C27H27N7O3. The molecule has 1 saturated heterocycles. The van der Waals surface area contributed by atoms with Gasteiger partial charge in [0.25, 0.3) is 5.95 Å². The molecular weight excluding hydrogens is 470 g/mol. The smallest absolute Gasteiger partial charge is 0.350 e. The highest BCUT2D eigenvalue weighted by molar-refractivity contribution is 5.94. The zero-order valence-corrected chi connectivity index (χ0v) is 20.1. The number of ether oxygens (including phenoxy) is 2. The molecule has 1 unspecified atom stereocenters. The zero-order chi connectivity index (χ0) is 25.8. The van der Waals surface area contributed by atoms with Crippen LogP contribution < -0.4 is 16.2 Å². The number of nitrogen functional groups attached to an aromatic ring is 1. The lowest BCUT2D eigenvalue weighted by atomic mass is 9.89. The van der Waals surface area contributed by atoms with E-state index in [9.17, 15) is 4.79 Å². The van der Waals surface area contributed by atoms with E-state index in [0.717, 1.165) is 27.8 Å². The maximum atomic E-state index is 12.8. The Morgan fingerprint density at radius 1 is 1.27 bits per heavy atom. The van der Waals surface area contributed by atoms with Crippen molar-refractivity contribution in [3.05, 3.63) is 106 Å². The molecule has 1 aliphatic heterocycles. The van der Waals surface area contributed by atoms with Gasteiger partial charge in [0.05, 0.1) is 13.2 Å². The number of hydrogen-bond acceptors (Lipinski definition) is 7. The molecule has 5 rings (SSSR count). The highest BCUT2D eigenvalue weighted by atomic mass is 16.5. The summed E-state index contributed by atoms with van der Waals surface area (Å²) in [5.74, 6) is 1.02. The van der Waals surface area contributed by atoms with Crippen LogP contribution in [0.25, 0.3) is 12.0 Å². The lowest BCUT2D eigenvalue weighted by Crippen LogP contribution is -2.18. The molecule has 2 aromatic carbocycles. The van der Waals surface area contributed by atoms with E-state index in [-0.39, 0.29) is 23.8 Å². The molecule has 0 radical (unpaired) electrons. The fourth-order valence-electron chi connectivity index (χ4n) is 4.29. The molecule has 3 heterocycles. The molecule has 37 heavy (non-hydrogen) atoms. The van der Waals surface area contributed by atoms with Gasteiger partial charge in [0.15, 0.2) is 0 Å². The molecule has 0 spiro atoms. The van der Waals surface area contributed by atoms with Gasteiger partial charge in [0, 0.05) is 30.3 Å². The van der Waals surface area contributed by atoms with Gasteiger partial charge in [0.2, 0.25) is 0 Å². The van der Waals surface area contributed by atoms with Gasteiger partial charge in [-0.25, -0.2) is 14.8 Å². The van der Waals surface area contributed by atoms with Crippen molar-refractivity contribution in [2.45, 2.75) is 24.9 Å². The van der Waals surface area contributed by atoms with Crippen molar-refractivity contribution < 1.29 is 9.47 Å². The largest absolute Gasteiger partial charge is 0.488 e. The minimum Gasteiger partial charge on any atom is -0.488 e. The molecule has 188 valence electrons. The monoisotopic (exact) mass is 497 g/mol. The van der Waals surface area contributed by atoms with Crippen molar-refractivity contribution in [2.24, 2.45) is 5.73 Å². The van der Waals surface area contributed by atoms with E-state index in [1.807, 2.05) is 42.5 Å². The number of amidine groups is 1. The summed E-state index contributed by atoms with van der Waals surface area (Å²) < 4.78 is 12.8. The van der Waals surface area contributed by atoms with Crippen LogP contribution in [-0.4, -0.2) is 49.9 Å². The van der Waals surface area contributed by atoms with Crippen LogP contribution >= 0.6 is 0 Å². The fourth-order valence-corrected chi connectivity index (χ4v) is 4.29. The topological polar surface area (TPSA) is 145 Å². The Balaban J connectivity index is 1.56. The van der Waals surface area contributed by atoms with E-state index >= 15 is 0 Å². The Kier molecular flexibility index (Phi) is 6.91. The third kappa shape index (κ3) is 5.49. The number of rotatable bonds is 9. The van der Waals surface area contributed by atoms with Gasteiger partial charge in [-0.1, -0.05) is 43.0 Å². The summed E-state index contributed by atoms with van der Waals surface area (Å²) in [5, 5.41) is 12.2. The summed E-state index contributed by atoms with van der Waals surface area (Å²) in [7, 11) is 0. The van der Waals surface area contributed by atoms with E-state index in [2.05, 4.69) is 26.6 Å². The molecule has 1 fully saturated rings. The summed E-state index contributed by atoms with van der Waals surface area (Å²) in [6.45, 7) is 5.17. The maximum absolute atomic E-state index is 12.8. The third-order valence-electron chi connectivity index (χ3n) is 6.19. The molecule has 10 heteroatoms. The van der Waals surface area contributed by atoms with Crippen LogP contribution in [0.15, 0.2) is 72.3 Å². The fraction of sp³-hybridized carbons (Fsp3) is 0.222. The van der Waals surface area contributed by atoms with Gasteiger partial charge in [-0.05, 0) is 41.3 Å². The second kappa shape index (κ2) is 10.6. The number of aromatic nitrogens is 5. The first kappa shape index (κ1) is 24.1. The molecule has 0 bridgehead atoms. The van der Waals surface area contributed by atoms with E-state index in [1.165, 1.54) is 0 Å². The Morgan fingerprint density at radius 3 is 2.73 bits per heavy atom. The van der Waals surface area contributed by atoms with Gasteiger partial charge in [-0.15, -0.1) is 9.78 Å². The quantitative estimate of drug-likeness (QED) is 0.238. The Morgan fingerprint density at radius 2 is 2.05 bits per heavy atom. The molecule has 4 aromatic rings. The van der Waals surface area contributed by atoms with Crippen molar-refractivity contribution in [1.29, 1.82) is 5.41 Å². The minimum atomic E-state index is -0.433. The Labute approximate surface area is 213 Å². The second-order valence-electron chi connectivity index (χ2n) is 8.79. The Hall–Kier alpha value is -4.57. The first-order chi connectivity index (χ1) is 18.0. The van der Waals surface area contributed by atoms with Gasteiger partial charge in [-0.3, -0.25) is 10.4 Å². The molecule has 0 saturated carbocycles. The van der Waals surface area contributed by atoms with Crippen molar-refractivity contribution >= 4 is 11.9 Å². The molecule has 10 nitrogen and oxygen atoms in total. The third-order valence-corrected chi connectivity index (χ3v) is 6.19. The van der Waals surface area contributed by atoms with E-state index < -0.39 is 5.69 Å². The van der Waals surface area contributed by atoms with Gasteiger partial charge >= 0.3 is 5.69 Å². The van der Waals surface area contributed by atoms with Crippen LogP contribution in [0.5, 0.6) is 5.75 Å². The van der Waals surface area contributed by atoms with E-state index in [4.69, 9.17) is 20.6 Å². The van der Waals surface area contributed by atoms with Gasteiger partial charge < -0.3 is 15.2 Å². The number of benzene rings is 2. The summed E-state index contributed by atoms with van der Waals surface area (Å²) in [5.41, 5.74) is 8.60. The maximum Gasteiger partial charge on any atom is 0.350 e. The van der Waals surface area contributed by atoms with Crippen LogP contribution in [0, 0.1) is 5.41 Å². The molecule has 4 N–H and O–H groups in total. The van der Waals surface area contributed by atoms with Crippen molar-refractivity contribution in [1.82, 2.24) is 24.7 Å². The van der Waals surface area contributed by atoms with Crippen LogP contribution in [0.4, 0.5) is 0 Å². The highest BCUT2D eigenvalue weighted by Crippen LogP contribution is 2.31. The number of H-pyrrole nitrogens is 1. The standard InChI is InChI=1S/C27H27N7O3/c1-2-17-12-20(15-22(13-17)37-21-8-11-36-16-21)23(14-18-4-6-19(7-5-18)24(28)29)25-32-27(35)34(33-25)26-30-9-3-10-31-26/h2-7,9-10,12-13,15,21,23H,1,8,11,14,16H2,(H3,28,29)(H,32,33,35)/t21-,23?/m0/s1. The normalized spacial score (nSPS) is 15.8. The average molecular weight is 498 g/mol. The highest BCUT2D eigenvalue weighted by Gasteiger charge is 2.24. The average Bonchev–Trinajstić information content (AvgIpc) is 3.57. The summed E-state index contributed by atoms with van der Waals surface area (Å²) in [4.78, 5) is 24.1. The first-order valence-electron chi connectivity index (χ1n) is 11.9. The summed E-state index contributed by atoms with van der Waals surface area (Å²) in [6, 6.07) is 15.0. The Bertz CT molecular complexity index is 1460. The molecule has 0 amide bonds. The van der Waals surface area contributed by atoms with Gasteiger partial charge in [-0.2, -0.15) is 0 Å².